The Labute approximate surface area is 206 Å². The van der Waals surface area contributed by atoms with Gasteiger partial charge < -0.3 is 4.74 Å². The van der Waals surface area contributed by atoms with Gasteiger partial charge in [-0.3, -0.25) is 0 Å². The van der Waals surface area contributed by atoms with E-state index in [1.54, 1.807) is 7.11 Å². The summed E-state index contributed by atoms with van der Waals surface area (Å²) in [4.78, 5) is 0. The van der Waals surface area contributed by atoms with E-state index in [9.17, 15) is 30.7 Å². The van der Waals surface area contributed by atoms with Crippen molar-refractivity contribution >= 4 is 0 Å². The van der Waals surface area contributed by atoms with Crippen LogP contribution in [0, 0.1) is 10.8 Å². The van der Waals surface area contributed by atoms with Crippen LogP contribution in [0.25, 0.3) is 0 Å². The Balaban J connectivity index is -0.00000129. The summed E-state index contributed by atoms with van der Waals surface area (Å²) in [5.74, 6) is -20.1. The van der Waals surface area contributed by atoms with Crippen molar-refractivity contribution in [1.82, 2.24) is 0 Å². The molecule has 0 N–H and O–H groups in total. The summed E-state index contributed by atoms with van der Waals surface area (Å²) in [5.41, 5.74) is -11.0. The van der Waals surface area contributed by atoms with E-state index >= 15 is 8.78 Å². The van der Waals surface area contributed by atoms with Gasteiger partial charge in [0, 0.05) is 20.6 Å². The zero-order valence-corrected chi connectivity index (χ0v) is 23.3. The van der Waals surface area contributed by atoms with E-state index in [2.05, 4.69) is 18.6 Å². The summed E-state index contributed by atoms with van der Waals surface area (Å²) in [6, 6.07) is 0. The summed E-state index contributed by atoms with van der Waals surface area (Å²) >= 11 is 0. The maximum absolute atomic E-state index is 15.0. The van der Waals surface area contributed by atoms with Gasteiger partial charge in [-0.25, -0.2) is 30.7 Å². The smallest absolute Gasteiger partial charge is 0.320 e. The van der Waals surface area contributed by atoms with E-state index in [1.807, 2.05) is 13.8 Å². The standard InChI is InChI=1S/C19H31F9.C3H8O.C3H8/c1-8-9-10-11-12-15(6,20)18(25,26)13(2,3)17(23,24)14(4,5)19(27,28)16(7,21)22;1-3-4-2;1-3-2/h8-12H2,1-7H3;3H2,1-2H3;3H2,1-2H3. The second kappa shape index (κ2) is 14.3. The largest absolute Gasteiger partial charge is 0.385 e. The molecular weight excluding hydrogens is 487 g/mol. The lowest BCUT2D eigenvalue weighted by molar-refractivity contribution is -0.360. The van der Waals surface area contributed by atoms with E-state index in [0.717, 1.165) is 13.0 Å². The number of hydrogen-bond acceptors (Lipinski definition) is 1. The van der Waals surface area contributed by atoms with Crippen LogP contribution in [0.4, 0.5) is 39.5 Å². The third-order valence-electron chi connectivity index (χ3n) is 6.13. The molecule has 0 heterocycles. The molecule has 0 radical (unpaired) electrons. The molecule has 0 fully saturated rings. The molecule has 1 atom stereocenters. The number of methoxy groups -OCH3 is 1. The van der Waals surface area contributed by atoms with Gasteiger partial charge in [-0.2, -0.15) is 8.78 Å². The first kappa shape index (κ1) is 38.9. The fourth-order valence-electron chi connectivity index (χ4n) is 3.42. The Bertz CT molecular complexity index is 564. The van der Waals surface area contributed by atoms with Gasteiger partial charge >= 0.3 is 11.8 Å². The molecular formula is C25H47F9O. The maximum atomic E-state index is 15.0. The Kier molecular flexibility index (Phi) is 15.9. The van der Waals surface area contributed by atoms with Crippen molar-refractivity contribution in [2.45, 2.75) is 137 Å². The molecule has 0 aromatic heterocycles. The molecule has 0 saturated heterocycles. The highest BCUT2D eigenvalue weighted by molar-refractivity contribution is 5.13. The molecule has 216 valence electrons. The lowest BCUT2D eigenvalue weighted by atomic mass is 9.61. The SMILES string of the molecule is CCC.CCCCCCC(C)(F)C(F)(F)C(C)(C)C(F)(F)C(C)(C)C(F)(F)C(C)(F)F.CCOC. The van der Waals surface area contributed by atoms with E-state index in [-0.39, 0.29) is 41.0 Å². The molecule has 1 unspecified atom stereocenters. The van der Waals surface area contributed by atoms with Gasteiger partial charge in [0.25, 0.3) is 11.8 Å². The van der Waals surface area contributed by atoms with Gasteiger partial charge in [-0.1, -0.05) is 52.9 Å². The summed E-state index contributed by atoms with van der Waals surface area (Å²) in [5, 5.41) is 0. The predicted molar refractivity (Wildman–Crippen MR) is 125 cm³/mol. The van der Waals surface area contributed by atoms with Crippen LogP contribution < -0.4 is 0 Å². The molecule has 0 aliphatic heterocycles. The van der Waals surface area contributed by atoms with Crippen molar-refractivity contribution in [2.75, 3.05) is 13.7 Å². The number of rotatable bonds is 12. The highest BCUT2D eigenvalue weighted by Gasteiger charge is 2.79. The number of hydrogen-bond donors (Lipinski definition) is 0. The molecule has 1 nitrogen and oxygen atoms in total. The summed E-state index contributed by atoms with van der Waals surface area (Å²) in [6.07, 6.45) is 2.24. The predicted octanol–water partition coefficient (Wildman–Crippen LogP) is 10.4. The Hall–Kier alpha value is -0.670. The van der Waals surface area contributed by atoms with Gasteiger partial charge in [0.05, 0.1) is 10.8 Å². The average Bonchev–Trinajstić information content (AvgIpc) is 2.70. The number of alkyl halides is 9. The molecule has 0 aromatic carbocycles. The third kappa shape index (κ3) is 8.70. The quantitative estimate of drug-likeness (QED) is 0.179. The van der Waals surface area contributed by atoms with Crippen LogP contribution in [0.3, 0.4) is 0 Å². The van der Waals surface area contributed by atoms with Crippen LogP contribution in [-0.2, 0) is 4.74 Å². The summed E-state index contributed by atoms with van der Waals surface area (Å²) in [6.45, 7) is 9.71. The second-order valence-electron chi connectivity index (χ2n) is 10.2. The second-order valence-corrected chi connectivity index (χ2v) is 10.2. The molecule has 0 saturated carbocycles. The Morgan fingerprint density at radius 1 is 0.543 bits per heavy atom. The van der Waals surface area contributed by atoms with Crippen molar-refractivity contribution < 1.29 is 44.3 Å². The lowest BCUT2D eigenvalue weighted by Gasteiger charge is -2.52. The van der Waals surface area contributed by atoms with Crippen molar-refractivity contribution in [1.29, 1.82) is 0 Å². The maximum Gasteiger partial charge on any atom is 0.320 e. The van der Waals surface area contributed by atoms with Gasteiger partial charge in [0.1, 0.15) is 0 Å². The van der Waals surface area contributed by atoms with Gasteiger partial charge in [0.2, 0.25) is 0 Å². The van der Waals surface area contributed by atoms with Crippen molar-refractivity contribution in [3.05, 3.63) is 0 Å². The lowest BCUT2D eigenvalue weighted by Crippen LogP contribution is -2.68. The van der Waals surface area contributed by atoms with Crippen LogP contribution in [0.15, 0.2) is 0 Å². The van der Waals surface area contributed by atoms with Crippen LogP contribution >= 0.6 is 0 Å². The Morgan fingerprint density at radius 2 is 0.886 bits per heavy atom. The monoisotopic (exact) mass is 534 g/mol. The minimum absolute atomic E-state index is 0.00926. The van der Waals surface area contributed by atoms with Crippen molar-refractivity contribution in [3.8, 4) is 0 Å². The molecule has 0 aromatic rings. The van der Waals surface area contributed by atoms with Crippen LogP contribution in [-0.4, -0.2) is 43.1 Å². The van der Waals surface area contributed by atoms with E-state index < -0.39 is 46.6 Å². The minimum Gasteiger partial charge on any atom is -0.385 e. The first-order valence-corrected chi connectivity index (χ1v) is 12.1. The first-order chi connectivity index (χ1) is 15.4. The topological polar surface area (TPSA) is 9.23 Å². The number of halogens is 9. The minimum atomic E-state index is -5.33. The van der Waals surface area contributed by atoms with E-state index in [4.69, 9.17) is 0 Å². The van der Waals surface area contributed by atoms with Crippen LogP contribution in [0.5, 0.6) is 0 Å². The summed E-state index contributed by atoms with van der Waals surface area (Å²) < 4.78 is 134. The highest BCUT2D eigenvalue weighted by Crippen LogP contribution is 2.65. The molecule has 10 heteroatoms. The van der Waals surface area contributed by atoms with Gasteiger partial charge in [-0.05, 0) is 48.0 Å². The molecule has 0 rings (SSSR count). The first-order valence-electron chi connectivity index (χ1n) is 12.1. The van der Waals surface area contributed by atoms with Gasteiger partial charge in [-0.15, -0.1) is 0 Å². The molecule has 35 heavy (non-hydrogen) atoms. The number of ether oxygens (including phenoxy) is 1. The number of unbranched alkanes of at least 4 members (excludes halogenated alkanes) is 3. The fraction of sp³-hybridized carbons (Fsp3) is 1.00. The van der Waals surface area contributed by atoms with E-state index in [1.165, 1.54) is 6.42 Å². The molecule has 0 spiro atoms. The molecule has 0 aliphatic rings. The zero-order chi connectivity index (χ0) is 29.2. The molecule has 0 amide bonds. The fourth-order valence-corrected chi connectivity index (χ4v) is 3.42. The third-order valence-corrected chi connectivity index (χ3v) is 6.13. The van der Waals surface area contributed by atoms with Crippen LogP contribution in [0.1, 0.15) is 108 Å². The molecule has 0 bridgehead atoms. The van der Waals surface area contributed by atoms with E-state index in [0.29, 0.717) is 19.8 Å². The Morgan fingerprint density at radius 3 is 1.17 bits per heavy atom. The van der Waals surface area contributed by atoms with Crippen molar-refractivity contribution in [3.63, 3.8) is 0 Å². The molecule has 0 aliphatic carbocycles. The van der Waals surface area contributed by atoms with Crippen LogP contribution in [0.2, 0.25) is 0 Å². The van der Waals surface area contributed by atoms with Crippen molar-refractivity contribution in [2.24, 2.45) is 10.8 Å². The van der Waals surface area contributed by atoms with Gasteiger partial charge in [0.15, 0.2) is 5.67 Å². The normalized spacial score (nSPS) is 15.4. The summed E-state index contributed by atoms with van der Waals surface area (Å²) in [7, 11) is 1.68. The average molecular weight is 535 g/mol. The highest BCUT2D eigenvalue weighted by atomic mass is 19.3. The zero-order valence-electron chi connectivity index (χ0n) is 23.3.